The van der Waals surface area contributed by atoms with Crippen molar-refractivity contribution >= 4 is 25.2 Å². The van der Waals surface area contributed by atoms with Crippen molar-refractivity contribution in [2.45, 2.75) is 39.9 Å². The minimum absolute atomic E-state index is 0.481. The maximum atomic E-state index is 11.7. The predicted molar refractivity (Wildman–Crippen MR) is 96.3 cm³/mol. The molecule has 0 amide bonds. The average Bonchev–Trinajstić information content (AvgIpc) is 2.52. The number of halogens is 1. The van der Waals surface area contributed by atoms with Crippen molar-refractivity contribution in [3.8, 4) is 0 Å². The Kier molecular flexibility index (Phi) is 8.93. The summed E-state index contributed by atoms with van der Waals surface area (Å²) in [7, 11) is -2.05. The molecular weight excluding hydrogens is 335 g/mol. The molecule has 23 heavy (non-hydrogen) atoms. The Balaban J connectivity index is 3.07. The van der Waals surface area contributed by atoms with Gasteiger partial charge in [-0.05, 0) is 44.0 Å². The lowest BCUT2D eigenvalue weighted by Gasteiger charge is -2.30. The van der Waals surface area contributed by atoms with Crippen molar-refractivity contribution in [3.05, 3.63) is 41.1 Å². The number of benzene rings is 1. The van der Waals surface area contributed by atoms with Gasteiger partial charge >= 0.3 is 0 Å². The zero-order valence-electron chi connectivity index (χ0n) is 14.2. The third-order valence-electron chi connectivity index (χ3n) is 3.25. The van der Waals surface area contributed by atoms with Gasteiger partial charge in [-0.2, -0.15) is 0 Å². The van der Waals surface area contributed by atoms with Gasteiger partial charge in [0.1, 0.15) is 0 Å². The third-order valence-corrected chi connectivity index (χ3v) is 4.46. The molecule has 1 unspecified atom stereocenters. The summed E-state index contributed by atoms with van der Waals surface area (Å²) in [4.78, 5) is 0. The summed E-state index contributed by atoms with van der Waals surface area (Å²) in [5.74, 6) is -0.764. The molecule has 0 bridgehead atoms. The van der Waals surface area contributed by atoms with Crippen LogP contribution in [0.4, 0.5) is 0 Å². The molecule has 0 saturated carbocycles. The van der Waals surface area contributed by atoms with Gasteiger partial charge in [0, 0.05) is 30.8 Å². The van der Waals surface area contributed by atoms with Crippen LogP contribution in [0.25, 0.3) is 5.57 Å². The standard InChI is InChI=1S/C17H26ClO4P/c1-5-20-17(4,21-6-2)12-15(13-22-23(19)7-3)14-8-10-16(18)11-9-14/h8-11,13,23H,5-7,12H2,1-4H3. The molecule has 4 nitrogen and oxygen atoms in total. The second kappa shape index (κ2) is 10.1. The predicted octanol–water partition coefficient (Wildman–Crippen LogP) is 5.37. The van der Waals surface area contributed by atoms with Gasteiger partial charge in [0.25, 0.3) is 0 Å². The molecule has 130 valence electrons. The average molecular weight is 361 g/mol. The molecule has 1 aromatic carbocycles. The van der Waals surface area contributed by atoms with Gasteiger partial charge in [-0.15, -0.1) is 0 Å². The SMILES string of the molecule is CCOC(C)(CC(=CO[PH](=O)CC)c1ccc(Cl)cc1)OCC. The van der Waals surface area contributed by atoms with Crippen LogP contribution in [0.1, 0.15) is 39.7 Å². The second-order valence-corrected chi connectivity index (χ2v) is 7.29. The summed E-state index contributed by atoms with van der Waals surface area (Å²) < 4.78 is 28.6. The van der Waals surface area contributed by atoms with Crippen molar-refractivity contribution in [2.75, 3.05) is 19.4 Å². The van der Waals surface area contributed by atoms with Crippen LogP contribution in [0, 0.1) is 0 Å². The fraction of sp³-hybridized carbons (Fsp3) is 0.529. The molecular formula is C17H26ClO4P. The fourth-order valence-electron chi connectivity index (χ4n) is 2.20. The summed E-state index contributed by atoms with van der Waals surface area (Å²) in [6.07, 6.45) is 2.54. The lowest BCUT2D eigenvalue weighted by atomic mass is 9.99. The molecule has 0 aromatic heterocycles. The molecule has 0 fully saturated rings. The largest absolute Gasteiger partial charge is 0.452 e. The van der Waals surface area contributed by atoms with E-state index in [1.165, 1.54) is 0 Å². The summed E-state index contributed by atoms with van der Waals surface area (Å²) in [5, 5.41) is 0.661. The van der Waals surface area contributed by atoms with Crippen LogP contribution in [0.5, 0.6) is 0 Å². The Hall–Kier alpha value is -0.800. The molecule has 0 N–H and O–H groups in total. The van der Waals surface area contributed by atoms with Crippen LogP contribution < -0.4 is 0 Å². The van der Waals surface area contributed by atoms with E-state index in [4.69, 9.17) is 25.6 Å². The van der Waals surface area contributed by atoms with Gasteiger partial charge in [0.05, 0.1) is 6.26 Å². The van der Waals surface area contributed by atoms with Gasteiger partial charge in [0.2, 0.25) is 8.03 Å². The zero-order valence-corrected chi connectivity index (χ0v) is 16.0. The van der Waals surface area contributed by atoms with Crippen LogP contribution in [0.2, 0.25) is 5.02 Å². The van der Waals surface area contributed by atoms with Gasteiger partial charge < -0.3 is 14.0 Å². The van der Waals surface area contributed by atoms with Crippen LogP contribution in [-0.4, -0.2) is 25.2 Å². The van der Waals surface area contributed by atoms with E-state index in [0.717, 1.165) is 11.1 Å². The van der Waals surface area contributed by atoms with E-state index in [-0.39, 0.29) is 0 Å². The summed E-state index contributed by atoms with van der Waals surface area (Å²) in [6.45, 7) is 8.66. The Labute approximate surface area is 144 Å². The van der Waals surface area contributed by atoms with Crippen LogP contribution in [-0.2, 0) is 18.6 Å². The van der Waals surface area contributed by atoms with Crippen molar-refractivity contribution in [3.63, 3.8) is 0 Å². The van der Waals surface area contributed by atoms with E-state index in [0.29, 0.717) is 30.8 Å². The highest BCUT2D eigenvalue weighted by Gasteiger charge is 2.27. The van der Waals surface area contributed by atoms with Crippen molar-refractivity contribution in [2.24, 2.45) is 0 Å². The quantitative estimate of drug-likeness (QED) is 0.319. The van der Waals surface area contributed by atoms with E-state index in [1.807, 2.05) is 52.0 Å². The van der Waals surface area contributed by atoms with Crippen LogP contribution in [0.15, 0.2) is 30.5 Å². The number of hydrogen-bond acceptors (Lipinski definition) is 4. The Bertz CT molecular complexity index is 522. The van der Waals surface area contributed by atoms with Gasteiger partial charge in [0.15, 0.2) is 5.79 Å². The first-order chi connectivity index (χ1) is 10.9. The van der Waals surface area contributed by atoms with E-state index in [2.05, 4.69) is 0 Å². The van der Waals surface area contributed by atoms with E-state index >= 15 is 0 Å². The van der Waals surface area contributed by atoms with E-state index < -0.39 is 13.8 Å². The first kappa shape index (κ1) is 20.2. The fourth-order valence-corrected chi connectivity index (χ4v) is 2.76. The molecule has 0 heterocycles. The smallest absolute Gasteiger partial charge is 0.235 e. The molecule has 0 aliphatic heterocycles. The maximum absolute atomic E-state index is 11.7. The molecule has 1 atom stereocenters. The van der Waals surface area contributed by atoms with E-state index in [9.17, 15) is 4.57 Å². The number of hydrogen-bond donors (Lipinski definition) is 0. The minimum atomic E-state index is -2.05. The number of rotatable bonds is 10. The first-order valence-corrected chi connectivity index (χ1v) is 9.76. The first-order valence-electron chi connectivity index (χ1n) is 7.86. The van der Waals surface area contributed by atoms with Crippen LogP contribution in [0.3, 0.4) is 0 Å². The third kappa shape index (κ3) is 7.09. The highest BCUT2D eigenvalue weighted by Crippen LogP contribution is 2.32. The topological polar surface area (TPSA) is 44.8 Å². The molecule has 0 spiro atoms. The highest BCUT2D eigenvalue weighted by atomic mass is 35.5. The molecule has 0 radical (unpaired) electrons. The molecule has 1 rings (SSSR count). The van der Waals surface area contributed by atoms with Crippen LogP contribution >= 0.6 is 19.6 Å². The number of ether oxygens (including phenoxy) is 2. The van der Waals surface area contributed by atoms with Gasteiger partial charge in [-0.1, -0.05) is 30.7 Å². The zero-order chi connectivity index (χ0) is 17.3. The lowest BCUT2D eigenvalue weighted by Crippen LogP contribution is -2.33. The maximum Gasteiger partial charge on any atom is 0.235 e. The normalized spacial score (nSPS) is 13.9. The Morgan fingerprint density at radius 3 is 2.22 bits per heavy atom. The summed E-state index contributed by atoms with van der Waals surface area (Å²) in [5.41, 5.74) is 1.80. The lowest BCUT2D eigenvalue weighted by molar-refractivity contribution is -0.216. The summed E-state index contributed by atoms with van der Waals surface area (Å²) in [6, 6.07) is 7.43. The molecule has 0 saturated heterocycles. The van der Waals surface area contributed by atoms with Gasteiger partial charge in [-0.25, -0.2) is 0 Å². The Morgan fingerprint density at radius 2 is 1.74 bits per heavy atom. The Morgan fingerprint density at radius 1 is 1.17 bits per heavy atom. The van der Waals surface area contributed by atoms with Gasteiger partial charge in [-0.3, -0.25) is 4.57 Å². The molecule has 1 aromatic rings. The summed E-state index contributed by atoms with van der Waals surface area (Å²) >= 11 is 5.95. The highest BCUT2D eigenvalue weighted by molar-refractivity contribution is 7.39. The molecule has 0 aliphatic rings. The van der Waals surface area contributed by atoms with Crippen molar-refractivity contribution in [1.29, 1.82) is 0 Å². The van der Waals surface area contributed by atoms with E-state index in [1.54, 1.807) is 6.26 Å². The minimum Gasteiger partial charge on any atom is -0.452 e. The van der Waals surface area contributed by atoms with Crippen molar-refractivity contribution in [1.82, 2.24) is 0 Å². The van der Waals surface area contributed by atoms with Crippen molar-refractivity contribution < 1.29 is 18.6 Å². The second-order valence-electron chi connectivity index (χ2n) is 5.17. The molecule has 0 aliphatic carbocycles. The molecule has 6 heteroatoms. The monoisotopic (exact) mass is 360 g/mol.